The molecular weight excluding hydrogens is 334 g/mol. The first-order valence-electron chi connectivity index (χ1n) is 7.44. The van der Waals surface area contributed by atoms with E-state index in [2.05, 4.69) is 4.99 Å². The van der Waals surface area contributed by atoms with E-state index in [4.69, 9.17) is 0 Å². The topological polar surface area (TPSA) is 71.7 Å². The Hall–Kier alpha value is -1.51. The van der Waals surface area contributed by atoms with Gasteiger partial charge >= 0.3 is 0 Å². The quantitative estimate of drug-likeness (QED) is 0.818. The number of thiazole rings is 1. The molecule has 124 valence electrons. The molecule has 2 aromatic rings. The van der Waals surface area contributed by atoms with Gasteiger partial charge in [-0.2, -0.15) is 4.99 Å². The number of fused-ring (bicyclic) bond motifs is 1. The van der Waals surface area contributed by atoms with Crippen molar-refractivity contribution in [1.82, 2.24) is 8.87 Å². The molecule has 1 amide bonds. The van der Waals surface area contributed by atoms with Crippen LogP contribution in [0.15, 0.2) is 29.3 Å². The van der Waals surface area contributed by atoms with Gasteiger partial charge in [-0.25, -0.2) is 12.7 Å². The summed E-state index contributed by atoms with van der Waals surface area (Å²) in [5.41, 5.74) is 1.03. The van der Waals surface area contributed by atoms with Crippen molar-refractivity contribution in [1.29, 1.82) is 0 Å². The first kappa shape index (κ1) is 16.4. The number of sulfonamides is 1. The van der Waals surface area contributed by atoms with Crippen molar-refractivity contribution in [3.05, 3.63) is 29.1 Å². The summed E-state index contributed by atoms with van der Waals surface area (Å²) >= 11 is 1.47. The van der Waals surface area contributed by atoms with E-state index in [0.29, 0.717) is 24.2 Å². The molecule has 3 rings (SSSR count). The third-order valence-electron chi connectivity index (χ3n) is 4.12. The summed E-state index contributed by atoms with van der Waals surface area (Å²) in [7, 11) is -1.37. The summed E-state index contributed by atoms with van der Waals surface area (Å²) in [6.07, 6.45) is 2.56. The second-order valence-electron chi connectivity index (χ2n) is 5.82. The number of hydrogen-bond acceptors (Lipinski definition) is 4. The van der Waals surface area contributed by atoms with Gasteiger partial charge in [0.15, 0.2) is 4.80 Å². The summed E-state index contributed by atoms with van der Waals surface area (Å²) in [6, 6.07) is 7.89. The zero-order valence-electron chi connectivity index (χ0n) is 13.1. The number of para-hydroxylation sites is 1. The summed E-state index contributed by atoms with van der Waals surface area (Å²) in [4.78, 5) is 17.4. The second-order valence-corrected chi connectivity index (χ2v) is 8.81. The van der Waals surface area contributed by atoms with Gasteiger partial charge in [-0.15, -0.1) is 0 Å². The molecule has 8 heteroatoms. The van der Waals surface area contributed by atoms with Crippen molar-refractivity contribution in [3.63, 3.8) is 0 Å². The number of carbonyl (C=O) groups excluding carboxylic acids is 1. The van der Waals surface area contributed by atoms with Crippen LogP contribution in [0, 0.1) is 5.92 Å². The highest BCUT2D eigenvalue weighted by molar-refractivity contribution is 7.88. The molecule has 0 unspecified atom stereocenters. The Bertz CT molecular complexity index is 911. The molecule has 23 heavy (non-hydrogen) atoms. The van der Waals surface area contributed by atoms with Crippen molar-refractivity contribution < 1.29 is 13.2 Å². The minimum Gasteiger partial charge on any atom is -0.319 e. The summed E-state index contributed by atoms with van der Waals surface area (Å²) in [6.45, 7) is 0.717. The highest BCUT2D eigenvalue weighted by Crippen LogP contribution is 2.20. The van der Waals surface area contributed by atoms with E-state index in [-0.39, 0.29) is 18.4 Å². The van der Waals surface area contributed by atoms with Crippen molar-refractivity contribution in [2.45, 2.75) is 12.8 Å². The number of nitrogens with zero attached hydrogens (tertiary/aromatic N) is 3. The minimum atomic E-state index is -3.26. The smallest absolute Gasteiger partial charge is 0.252 e. The van der Waals surface area contributed by atoms with Gasteiger partial charge in [-0.05, 0) is 25.0 Å². The lowest BCUT2D eigenvalue weighted by atomic mass is 9.99. The van der Waals surface area contributed by atoms with Gasteiger partial charge in [0.25, 0.3) is 5.91 Å². The molecule has 1 aliphatic heterocycles. The Morgan fingerprint density at radius 1 is 1.35 bits per heavy atom. The van der Waals surface area contributed by atoms with Crippen molar-refractivity contribution in [2.75, 3.05) is 19.3 Å². The molecule has 1 aromatic carbocycles. The summed E-state index contributed by atoms with van der Waals surface area (Å²) < 4.78 is 27.7. The molecule has 1 aromatic heterocycles. The van der Waals surface area contributed by atoms with Gasteiger partial charge < -0.3 is 4.57 Å². The van der Waals surface area contributed by atoms with Gasteiger partial charge in [-0.1, -0.05) is 23.5 Å². The third kappa shape index (κ3) is 3.39. The fourth-order valence-electron chi connectivity index (χ4n) is 2.82. The average molecular weight is 353 g/mol. The Balaban J connectivity index is 1.89. The van der Waals surface area contributed by atoms with Gasteiger partial charge in [0.05, 0.1) is 22.4 Å². The van der Waals surface area contributed by atoms with Crippen LogP contribution in [0.2, 0.25) is 0 Å². The number of hydrogen-bond donors (Lipinski definition) is 0. The van der Waals surface area contributed by atoms with E-state index in [9.17, 15) is 13.2 Å². The number of aromatic nitrogens is 1. The standard InChI is InChI=1S/C15H19N3O3S2/c1-17-12-7-3-4-8-13(12)22-15(17)16-14(19)11-6-5-9-18(10-11)23(2,20)21/h3-4,7-8,11H,5-6,9-10H2,1-2H3/t11-/m0/s1. The number of rotatable bonds is 2. The first-order valence-corrected chi connectivity index (χ1v) is 10.1. The van der Waals surface area contributed by atoms with Crippen LogP contribution in [-0.4, -0.2) is 42.5 Å². The van der Waals surface area contributed by atoms with Crippen molar-refractivity contribution in [2.24, 2.45) is 18.0 Å². The van der Waals surface area contributed by atoms with E-state index >= 15 is 0 Å². The lowest BCUT2D eigenvalue weighted by molar-refractivity contribution is -0.122. The number of amides is 1. The van der Waals surface area contributed by atoms with Crippen LogP contribution in [0.4, 0.5) is 0 Å². The SMILES string of the molecule is Cn1c(=NC(=O)[C@H]2CCCN(S(C)(=O)=O)C2)sc2ccccc21. The Morgan fingerprint density at radius 2 is 2.09 bits per heavy atom. The fourth-order valence-corrected chi connectivity index (χ4v) is 4.75. The van der Waals surface area contributed by atoms with Crippen molar-refractivity contribution in [3.8, 4) is 0 Å². The maximum absolute atomic E-state index is 12.5. The normalized spacial score (nSPS) is 21.0. The van der Waals surface area contributed by atoms with Crippen LogP contribution in [0.25, 0.3) is 10.2 Å². The molecule has 0 bridgehead atoms. The van der Waals surface area contributed by atoms with Gasteiger partial charge in [0.1, 0.15) is 0 Å². The van der Waals surface area contributed by atoms with Gasteiger partial charge in [-0.3, -0.25) is 4.79 Å². The molecule has 0 aliphatic carbocycles. The molecule has 0 radical (unpaired) electrons. The number of aryl methyl sites for hydroxylation is 1. The lowest BCUT2D eigenvalue weighted by Gasteiger charge is -2.28. The Labute approximate surface area is 139 Å². The van der Waals surface area contributed by atoms with E-state index in [1.165, 1.54) is 21.9 Å². The predicted octanol–water partition coefficient (Wildman–Crippen LogP) is 1.34. The maximum atomic E-state index is 12.5. The highest BCUT2D eigenvalue weighted by atomic mass is 32.2. The maximum Gasteiger partial charge on any atom is 0.252 e. The third-order valence-corrected chi connectivity index (χ3v) is 6.51. The monoisotopic (exact) mass is 353 g/mol. The zero-order valence-corrected chi connectivity index (χ0v) is 14.7. The summed E-state index contributed by atoms with van der Waals surface area (Å²) in [5.74, 6) is -0.593. The predicted molar refractivity (Wildman–Crippen MR) is 90.5 cm³/mol. The first-order chi connectivity index (χ1) is 10.9. The molecule has 2 heterocycles. The van der Waals surface area contributed by atoms with E-state index in [1.54, 1.807) is 0 Å². The largest absolute Gasteiger partial charge is 0.319 e. The molecule has 1 fully saturated rings. The van der Waals surface area contributed by atoms with E-state index in [1.807, 2.05) is 35.9 Å². The average Bonchev–Trinajstić information content (AvgIpc) is 2.83. The molecule has 0 spiro atoms. The molecule has 1 aliphatic rings. The van der Waals surface area contributed by atoms with Crippen molar-refractivity contribution >= 4 is 37.5 Å². The van der Waals surface area contributed by atoms with Crippen LogP contribution in [0.1, 0.15) is 12.8 Å². The molecular formula is C15H19N3O3S2. The summed E-state index contributed by atoms with van der Waals surface area (Å²) in [5, 5.41) is 0. The number of benzene rings is 1. The van der Waals surface area contributed by atoms with E-state index in [0.717, 1.165) is 10.2 Å². The number of carbonyl (C=O) groups is 1. The van der Waals surface area contributed by atoms with Crippen LogP contribution < -0.4 is 4.80 Å². The molecule has 1 atom stereocenters. The molecule has 0 saturated carbocycles. The van der Waals surface area contributed by atoms with Gasteiger partial charge in [0, 0.05) is 20.1 Å². The minimum absolute atomic E-state index is 0.232. The highest BCUT2D eigenvalue weighted by Gasteiger charge is 2.30. The van der Waals surface area contributed by atoms with Crippen LogP contribution >= 0.6 is 11.3 Å². The van der Waals surface area contributed by atoms with Crippen LogP contribution in [-0.2, 0) is 21.9 Å². The zero-order chi connectivity index (χ0) is 16.6. The second kappa shape index (κ2) is 6.18. The molecule has 6 nitrogen and oxygen atoms in total. The van der Waals surface area contributed by atoms with Crippen LogP contribution in [0.5, 0.6) is 0 Å². The Kier molecular flexibility index (Phi) is 4.39. The number of piperidine rings is 1. The van der Waals surface area contributed by atoms with Gasteiger partial charge in [0.2, 0.25) is 10.0 Å². The molecule has 1 saturated heterocycles. The fraction of sp³-hybridized carbons (Fsp3) is 0.467. The van der Waals surface area contributed by atoms with Crippen LogP contribution in [0.3, 0.4) is 0 Å². The molecule has 0 N–H and O–H groups in total. The van der Waals surface area contributed by atoms with E-state index < -0.39 is 10.0 Å². The lowest BCUT2D eigenvalue weighted by Crippen LogP contribution is -2.41. The Morgan fingerprint density at radius 3 is 2.78 bits per heavy atom.